The number of para-hydroxylation sites is 2. The van der Waals surface area contributed by atoms with Crippen LogP contribution in [0.5, 0.6) is 11.5 Å². The molecule has 4 aliphatic rings. The molecule has 152 valence electrons. The summed E-state index contributed by atoms with van der Waals surface area (Å²) in [5.41, 5.74) is -0.0643. The lowest BCUT2D eigenvalue weighted by Gasteiger charge is -2.56. The van der Waals surface area contributed by atoms with Crippen LogP contribution in [0.2, 0.25) is 0 Å². The number of esters is 1. The van der Waals surface area contributed by atoms with Crippen molar-refractivity contribution in [3.8, 4) is 11.5 Å². The van der Waals surface area contributed by atoms with Crippen LogP contribution < -0.4 is 14.8 Å². The summed E-state index contributed by atoms with van der Waals surface area (Å²) in [5, 5.41) is 3.20. The van der Waals surface area contributed by atoms with Crippen molar-refractivity contribution >= 4 is 11.9 Å². The zero-order valence-electron chi connectivity index (χ0n) is 16.4. The predicted octanol–water partition coefficient (Wildman–Crippen LogP) is 3.09. The number of benzene rings is 1. The van der Waals surface area contributed by atoms with E-state index in [1.54, 1.807) is 12.1 Å². The number of rotatable bonds is 8. The second-order valence-electron chi connectivity index (χ2n) is 8.58. The summed E-state index contributed by atoms with van der Waals surface area (Å²) in [6.45, 7) is 1.88. The van der Waals surface area contributed by atoms with Crippen LogP contribution in [0.4, 0.5) is 0 Å². The van der Waals surface area contributed by atoms with Crippen molar-refractivity contribution in [1.29, 1.82) is 0 Å². The van der Waals surface area contributed by atoms with E-state index in [0.29, 0.717) is 18.1 Å². The first-order valence-corrected chi connectivity index (χ1v) is 10.4. The minimum atomic E-state index is -0.563. The van der Waals surface area contributed by atoms with E-state index in [4.69, 9.17) is 14.2 Å². The maximum Gasteiger partial charge on any atom is 0.344 e. The quantitative estimate of drug-likeness (QED) is 0.694. The van der Waals surface area contributed by atoms with Crippen LogP contribution in [-0.4, -0.2) is 37.2 Å². The van der Waals surface area contributed by atoms with Crippen molar-refractivity contribution in [2.75, 3.05) is 19.8 Å². The first-order chi connectivity index (χ1) is 13.5. The zero-order chi connectivity index (χ0) is 19.6. The van der Waals surface area contributed by atoms with E-state index in [-0.39, 0.29) is 24.7 Å². The summed E-state index contributed by atoms with van der Waals surface area (Å²) in [4.78, 5) is 24.4. The third kappa shape index (κ3) is 4.26. The number of nitrogens with one attached hydrogen (secondary N) is 1. The van der Waals surface area contributed by atoms with E-state index in [2.05, 4.69) is 5.32 Å². The van der Waals surface area contributed by atoms with Gasteiger partial charge < -0.3 is 19.5 Å². The Hall–Kier alpha value is -2.24. The molecule has 6 nitrogen and oxygen atoms in total. The number of ether oxygens (including phenoxy) is 3. The number of carbonyl (C=O) groups is 2. The van der Waals surface area contributed by atoms with Crippen LogP contribution in [0.25, 0.3) is 0 Å². The first kappa shape index (κ1) is 19.1. The van der Waals surface area contributed by atoms with Gasteiger partial charge in [0.15, 0.2) is 24.7 Å². The Balaban J connectivity index is 1.22. The van der Waals surface area contributed by atoms with Crippen molar-refractivity contribution in [3.05, 3.63) is 24.3 Å². The Labute approximate surface area is 165 Å². The van der Waals surface area contributed by atoms with Gasteiger partial charge >= 0.3 is 5.97 Å². The molecule has 0 spiro atoms. The minimum Gasteiger partial charge on any atom is -0.490 e. The molecular weight excluding hydrogens is 358 g/mol. The first-order valence-electron chi connectivity index (χ1n) is 10.4. The van der Waals surface area contributed by atoms with Gasteiger partial charge in [0.25, 0.3) is 5.91 Å². The number of carbonyl (C=O) groups excluding carboxylic acids is 2. The van der Waals surface area contributed by atoms with Crippen molar-refractivity contribution in [1.82, 2.24) is 5.32 Å². The van der Waals surface area contributed by atoms with Crippen molar-refractivity contribution in [3.63, 3.8) is 0 Å². The van der Waals surface area contributed by atoms with Crippen molar-refractivity contribution in [2.24, 2.45) is 17.8 Å². The number of hydrogen-bond acceptors (Lipinski definition) is 5. The standard InChI is InChI=1S/C22H29NO5/c1-2-26-18-5-3-4-6-19(18)27-14-21(25)28-13-20(24)23-22-10-15-7-16(11-22)9-17(8-15)12-22/h3-6,15-17H,2,7-14H2,1H3,(H,23,24). The van der Waals surface area contributed by atoms with Gasteiger partial charge in [-0.05, 0) is 75.3 Å². The molecule has 6 heteroatoms. The van der Waals surface area contributed by atoms with Crippen LogP contribution in [0.3, 0.4) is 0 Å². The smallest absolute Gasteiger partial charge is 0.344 e. The molecule has 4 fully saturated rings. The molecule has 0 aromatic heterocycles. The third-order valence-electron chi connectivity index (χ3n) is 6.30. The molecule has 5 rings (SSSR count). The zero-order valence-corrected chi connectivity index (χ0v) is 16.4. The number of hydrogen-bond donors (Lipinski definition) is 1. The minimum absolute atomic E-state index is 0.0643. The highest BCUT2D eigenvalue weighted by molar-refractivity contribution is 5.81. The van der Waals surface area contributed by atoms with Crippen LogP contribution >= 0.6 is 0 Å². The van der Waals surface area contributed by atoms with Crippen molar-refractivity contribution in [2.45, 2.75) is 51.0 Å². The van der Waals surface area contributed by atoms with E-state index in [0.717, 1.165) is 37.0 Å². The fraction of sp³-hybridized carbons (Fsp3) is 0.636. The van der Waals surface area contributed by atoms with Gasteiger partial charge in [-0.2, -0.15) is 0 Å². The van der Waals surface area contributed by atoms with Gasteiger partial charge in [0.1, 0.15) is 0 Å². The van der Waals surface area contributed by atoms with Gasteiger partial charge in [-0.25, -0.2) is 4.79 Å². The normalized spacial score (nSPS) is 30.0. The topological polar surface area (TPSA) is 73.9 Å². The fourth-order valence-corrected chi connectivity index (χ4v) is 5.76. The van der Waals surface area contributed by atoms with Gasteiger partial charge in [0, 0.05) is 5.54 Å². The van der Waals surface area contributed by atoms with E-state index >= 15 is 0 Å². The molecule has 4 saturated carbocycles. The molecule has 0 radical (unpaired) electrons. The molecule has 28 heavy (non-hydrogen) atoms. The molecule has 1 aromatic carbocycles. The van der Waals surface area contributed by atoms with Gasteiger partial charge in [-0.1, -0.05) is 12.1 Å². The fourth-order valence-electron chi connectivity index (χ4n) is 5.76. The number of amides is 1. The van der Waals surface area contributed by atoms with E-state index in [1.807, 2.05) is 19.1 Å². The Bertz CT molecular complexity index is 696. The monoisotopic (exact) mass is 387 g/mol. The summed E-state index contributed by atoms with van der Waals surface area (Å²) in [7, 11) is 0. The van der Waals surface area contributed by atoms with E-state index in [9.17, 15) is 9.59 Å². The maximum absolute atomic E-state index is 12.4. The second-order valence-corrected chi connectivity index (χ2v) is 8.58. The predicted molar refractivity (Wildman–Crippen MR) is 103 cm³/mol. The van der Waals surface area contributed by atoms with Crippen LogP contribution in [0.1, 0.15) is 45.4 Å². The highest BCUT2D eigenvalue weighted by Crippen LogP contribution is 2.55. The van der Waals surface area contributed by atoms with Crippen LogP contribution in [-0.2, 0) is 14.3 Å². The van der Waals surface area contributed by atoms with E-state index < -0.39 is 5.97 Å². The maximum atomic E-state index is 12.4. The molecule has 0 saturated heterocycles. The summed E-state index contributed by atoms with van der Waals surface area (Å²) < 4.78 is 16.1. The summed E-state index contributed by atoms with van der Waals surface area (Å²) in [6.07, 6.45) is 7.21. The lowest BCUT2D eigenvalue weighted by Crippen LogP contribution is -2.60. The Morgan fingerprint density at radius 1 is 0.964 bits per heavy atom. The van der Waals surface area contributed by atoms with Crippen LogP contribution in [0, 0.1) is 17.8 Å². The molecule has 4 aliphatic carbocycles. The van der Waals surface area contributed by atoms with E-state index in [1.165, 1.54) is 19.3 Å². The molecule has 0 atom stereocenters. The third-order valence-corrected chi connectivity index (χ3v) is 6.30. The largest absolute Gasteiger partial charge is 0.490 e. The van der Waals surface area contributed by atoms with Gasteiger partial charge in [0.05, 0.1) is 6.61 Å². The average Bonchev–Trinajstić information content (AvgIpc) is 2.64. The highest BCUT2D eigenvalue weighted by atomic mass is 16.6. The molecule has 0 heterocycles. The second kappa shape index (κ2) is 8.02. The molecule has 1 amide bonds. The molecule has 1 aromatic rings. The van der Waals surface area contributed by atoms with Crippen LogP contribution in [0.15, 0.2) is 24.3 Å². The highest BCUT2D eigenvalue weighted by Gasteiger charge is 2.51. The molecule has 1 N–H and O–H groups in total. The van der Waals surface area contributed by atoms with Gasteiger partial charge in [-0.15, -0.1) is 0 Å². The SMILES string of the molecule is CCOc1ccccc1OCC(=O)OCC(=O)NC12CC3CC(CC(C3)C1)C2. The summed E-state index contributed by atoms with van der Waals surface area (Å²) in [5.74, 6) is 2.57. The average molecular weight is 387 g/mol. The Kier molecular flexibility index (Phi) is 5.47. The van der Waals surface area contributed by atoms with Crippen molar-refractivity contribution < 1.29 is 23.8 Å². The lowest BCUT2D eigenvalue weighted by molar-refractivity contribution is -0.151. The molecule has 0 aliphatic heterocycles. The van der Waals surface area contributed by atoms with Gasteiger partial charge in [0.2, 0.25) is 0 Å². The lowest BCUT2D eigenvalue weighted by atomic mass is 9.53. The molecular formula is C22H29NO5. The summed E-state index contributed by atoms with van der Waals surface area (Å²) in [6, 6.07) is 7.16. The Morgan fingerprint density at radius 2 is 1.54 bits per heavy atom. The summed E-state index contributed by atoms with van der Waals surface area (Å²) >= 11 is 0. The Morgan fingerprint density at radius 3 is 2.11 bits per heavy atom. The molecule has 4 bridgehead atoms. The van der Waals surface area contributed by atoms with Gasteiger partial charge in [-0.3, -0.25) is 4.79 Å². The molecule has 0 unspecified atom stereocenters.